The van der Waals surface area contributed by atoms with Gasteiger partial charge in [-0.05, 0) is 16.7 Å². The Morgan fingerprint density at radius 2 is 2.20 bits per heavy atom. The van der Waals surface area contributed by atoms with Crippen LogP contribution in [0.4, 0.5) is 4.39 Å². The first-order valence-electron chi connectivity index (χ1n) is 2.62. The fraction of sp³-hybridized carbons (Fsp3) is 0. The van der Waals surface area contributed by atoms with Crippen LogP contribution in [0.25, 0.3) is 0 Å². The van der Waals surface area contributed by atoms with Crippen LogP contribution in [0.2, 0.25) is 0 Å². The lowest BCUT2D eigenvalue weighted by molar-refractivity contribution is 0.513. The maximum absolute atomic E-state index is 12.3. The maximum atomic E-state index is 12.3. The summed E-state index contributed by atoms with van der Waals surface area (Å²) < 4.78 is 22.6. The Balaban J connectivity index is 3.07. The molecule has 0 spiro atoms. The van der Waals surface area contributed by atoms with Crippen LogP contribution in [0.15, 0.2) is 24.3 Å². The second kappa shape index (κ2) is 2.86. The van der Waals surface area contributed by atoms with Crippen LogP contribution in [0, 0.1) is 5.82 Å². The minimum atomic E-state index is -2.40. The van der Waals surface area contributed by atoms with Crippen molar-refractivity contribution in [1.29, 1.82) is 0 Å². The summed E-state index contributed by atoms with van der Waals surface area (Å²) in [5.74, 6) is -0.491. The van der Waals surface area contributed by atoms with Gasteiger partial charge >= 0.3 is 8.03 Å². The molecule has 1 unspecified atom stereocenters. The van der Waals surface area contributed by atoms with Gasteiger partial charge in [0.25, 0.3) is 0 Å². The Bertz CT molecular complexity index is 262. The molecule has 0 bridgehead atoms. The Morgan fingerprint density at radius 3 is 2.60 bits per heavy atom. The molecule has 0 aliphatic rings. The highest BCUT2D eigenvalue weighted by Gasteiger charge is 2.15. The van der Waals surface area contributed by atoms with Gasteiger partial charge in [0, 0.05) is 6.07 Å². The monoisotopic (exact) mass is 159 g/mol. The first-order valence-corrected chi connectivity index (χ1v) is 3.83. The van der Waals surface area contributed by atoms with Gasteiger partial charge in [-0.15, -0.1) is 0 Å². The molecule has 0 radical (unpaired) electrons. The quantitative estimate of drug-likeness (QED) is 0.625. The van der Waals surface area contributed by atoms with Crippen LogP contribution in [-0.2, 0) is 4.57 Å². The number of halogens is 1. The third kappa shape index (κ3) is 1.59. The summed E-state index contributed by atoms with van der Waals surface area (Å²) in [5, 5.41) is 0.120. The highest BCUT2D eigenvalue weighted by molar-refractivity contribution is 7.47. The van der Waals surface area contributed by atoms with E-state index in [1.54, 1.807) is 0 Å². The van der Waals surface area contributed by atoms with Gasteiger partial charge in [0.1, 0.15) is 5.82 Å². The van der Waals surface area contributed by atoms with Gasteiger partial charge in [-0.3, -0.25) is 0 Å². The molecule has 2 nitrogen and oxygen atoms in total. The van der Waals surface area contributed by atoms with Crippen LogP contribution in [0.5, 0.6) is 0 Å². The van der Waals surface area contributed by atoms with Gasteiger partial charge < -0.3 is 0 Å². The molecule has 0 aliphatic carbocycles. The predicted molar refractivity (Wildman–Crippen MR) is 35.9 cm³/mol. The summed E-state index contributed by atoms with van der Waals surface area (Å²) in [5.41, 5.74) is 0. The molecule has 0 saturated carbocycles. The number of hydrogen-bond acceptors (Lipinski definition) is 1. The van der Waals surface area contributed by atoms with Crippen molar-refractivity contribution < 1.29 is 13.8 Å². The van der Waals surface area contributed by atoms with Gasteiger partial charge in [-0.1, -0.05) is 6.07 Å². The average Bonchev–Trinajstić information content (AvgIpc) is 1.88. The highest BCUT2D eigenvalue weighted by Crippen LogP contribution is 2.12. The van der Waals surface area contributed by atoms with Gasteiger partial charge in [0.05, 0.1) is 0 Å². The van der Waals surface area contributed by atoms with Crippen LogP contribution in [-0.4, -0.2) is 4.89 Å². The Hall–Kier alpha value is -0.790. The second-order valence-electron chi connectivity index (χ2n) is 1.75. The fourth-order valence-corrected chi connectivity index (χ4v) is 1.04. The summed E-state index contributed by atoms with van der Waals surface area (Å²) in [6, 6.07) is 5.07. The maximum Gasteiger partial charge on any atom is 0.546 e. The van der Waals surface area contributed by atoms with Crippen molar-refractivity contribution in [1.82, 2.24) is 0 Å². The molecule has 1 rings (SSSR count). The molecule has 0 aromatic heterocycles. The fourth-order valence-electron chi connectivity index (χ4n) is 0.595. The smallest absolute Gasteiger partial charge is 0.207 e. The second-order valence-corrected chi connectivity index (χ2v) is 2.82. The van der Waals surface area contributed by atoms with E-state index in [-0.39, 0.29) is 5.30 Å². The summed E-state index contributed by atoms with van der Waals surface area (Å²) in [6.07, 6.45) is 0. The zero-order valence-electron chi connectivity index (χ0n) is 4.99. The van der Waals surface area contributed by atoms with E-state index in [0.717, 1.165) is 6.07 Å². The normalized spacial score (nSPS) is 11.2. The molecule has 0 fully saturated rings. The molecule has 1 aromatic rings. The molecule has 0 heterocycles. The Morgan fingerprint density at radius 1 is 1.50 bits per heavy atom. The van der Waals surface area contributed by atoms with Crippen molar-refractivity contribution in [3.8, 4) is 0 Å². The number of hydrogen-bond donors (Lipinski definition) is 1. The predicted octanol–water partition coefficient (Wildman–Crippen LogP) is 1.19. The van der Waals surface area contributed by atoms with Gasteiger partial charge in [0.2, 0.25) is 5.30 Å². The molecule has 1 N–H and O–H groups in total. The molecular formula is C6H5FO2P+. The topological polar surface area (TPSA) is 37.3 Å². The van der Waals surface area contributed by atoms with Crippen molar-refractivity contribution >= 4 is 13.3 Å². The lowest BCUT2D eigenvalue weighted by Crippen LogP contribution is -1.94. The Kier molecular flexibility index (Phi) is 2.10. The minimum Gasteiger partial charge on any atom is -0.207 e. The lowest BCUT2D eigenvalue weighted by Gasteiger charge is -1.82. The standard InChI is InChI=1S/C6H4FO2P/c7-5-2-1-3-6(4-5)10(8)9/h1-4H/p+1. The van der Waals surface area contributed by atoms with Crippen molar-refractivity contribution in [3.05, 3.63) is 30.1 Å². The van der Waals surface area contributed by atoms with Crippen LogP contribution < -0.4 is 5.30 Å². The molecule has 1 aromatic carbocycles. The summed E-state index contributed by atoms with van der Waals surface area (Å²) in [7, 11) is -2.40. The Labute approximate surface area is 58.2 Å². The molecule has 52 valence electrons. The molecule has 0 saturated heterocycles. The molecule has 0 amide bonds. The zero-order chi connectivity index (χ0) is 7.56. The molecule has 4 heteroatoms. The largest absolute Gasteiger partial charge is 0.546 e. The first kappa shape index (κ1) is 7.32. The number of rotatable bonds is 1. The molecular weight excluding hydrogens is 154 g/mol. The zero-order valence-corrected chi connectivity index (χ0v) is 5.88. The van der Waals surface area contributed by atoms with E-state index in [0.29, 0.717) is 0 Å². The SMILES string of the molecule is O=[P+](O)c1cccc(F)c1. The highest BCUT2D eigenvalue weighted by atomic mass is 31.1. The van der Waals surface area contributed by atoms with Crippen molar-refractivity contribution in [2.45, 2.75) is 0 Å². The minimum absolute atomic E-state index is 0.120. The first-order chi connectivity index (χ1) is 4.70. The molecule has 0 aliphatic heterocycles. The van der Waals surface area contributed by atoms with Gasteiger partial charge in [-0.2, -0.15) is 4.89 Å². The average molecular weight is 159 g/mol. The summed E-state index contributed by atoms with van der Waals surface area (Å²) in [4.78, 5) is 8.49. The lowest BCUT2D eigenvalue weighted by atomic mass is 10.4. The molecule has 10 heavy (non-hydrogen) atoms. The van der Waals surface area contributed by atoms with E-state index in [4.69, 9.17) is 4.89 Å². The van der Waals surface area contributed by atoms with Crippen LogP contribution in [0.1, 0.15) is 0 Å². The van der Waals surface area contributed by atoms with Crippen molar-refractivity contribution in [2.24, 2.45) is 0 Å². The van der Waals surface area contributed by atoms with Crippen LogP contribution in [0.3, 0.4) is 0 Å². The third-order valence-corrected chi connectivity index (χ3v) is 1.75. The van der Waals surface area contributed by atoms with E-state index in [1.165, 1.54) is 18.2 Å². The van der Waals surface area contributed by atoms with E-state index in [9.17, 15) is 8.96 Å². The van der Waals surface area contributed by atoms with E-state index in [2.05, 4.69) is 0 Å². The van der Waals surface area contributed by atoms with E-state index >= 15 is 0 Å². The van der Waals surface area contributed by atoms with Crippen molar-refractivity contribution in [3.63, 3.8) is 0 Å². The molecule has 1 atom stereocenters. The van der Waals surface area contributed by atoms with E-state index < -0.39 is 13.8 Å². The van der Waals surface area contributed by atoms with Crippen molar-refractivity contribution in [2.75, 3.05) is 0 Å². The summed E-state index contributed by atoms with van der Waals surface area (Å²) >= 11 is 0. The third-order valence-electron chi connectivity index (χ3n) is 1.03. The summed E-state index contributed by atoms with van der Waals surface area (Å²) in [6.45, 7) is 0. The van der Waals surface area contributed by atoms with Gasteiger partial charge in [0.15, 0.2) is 0 Å². The van der Waals surface area contributed by atoms with Gasteiger partial charge in [-0.25, -0.2) is 4.39 Å². The number of benzene rings is 1. The van der Waals surface area contributed by atoms with E-state index in [1.807, 2.05) is 0 Å². The van der Waals surface area contributed by atoms with Crippen LogP contribution >= 0.6 is 8.03 Å².